The molecular weight excluding hydrogens is 531 g/mol. The van der Waals surface area contributed by atoms with Gasteiger partial charge in [0, 0.05) is 0 Å². The Balaban J connectivity index is 1.78. The van der Waals surface area contributed by atoms with Crippen molar-refractivity contribution in [2.24, 2.45) is 0 Å². The zero-order chi connectivity index (χ0) is 29.5. The topological polar surface area (TPSA) is 52.6 Å². The number of benzene rings is 2. The monoisotopic (exact) mass is 570 g/mol. The number of halogens is 5. The first-order valence-electron chi connectivity index (χ1n) is 14.2. The van der Waals surface area contributed by atoms with Crippen LogP contribution in [-0.2, 0) is 9.47 Å². The van der Waals surface area contributed by atoms with Crippen molar-refractivity contribution >= 4 is 11.9 Å². The predicted molar refractivity (Wildman–Crippen MR) is 142 cm³/mol. The smallest absolute Gasteiger partial charge is 0.339 e. The maximum Gasteiger partial charge on any atom is 0.339 e. The summed E-state index contributed by atoms with van der Waals surface area (Å²) >= 11 is 0. The molecule has 0 aromatic heterocycles. The highest BCUT2D eigenvalue weighted by Gasteiger charge is 2.31. The van der Waals surface area contributed by atoms with Crippen LogP contribution in [-0.4, -0.2) is 18.5 Å². The predicted octanol–water partition coefficient (Wildman–Crippen LogP) is 9.55. The van der Waals surface area contributed by atoms with E-state index in [0.717, 1.165) is 26.2 Å². The normalized spacial score (nSPS) is 11.9. The Bertz CT molecular complexity index is 1080. The van der Waals surface area contributed by atoms with Crippen LogP contribution in [0.1, 0.15) is 130 Å². The molecule has 0 aliphatic carbocycles. The molecular formula is C31H39F5O4. The van der Waals surface area contributed by atoms with Crippen molar-refractivity contribution in [1.82, 2.24) is 0 Å². The van der Waals surface area contributed by atoms with Crippen LogP contribution in [0.5, 0.6) is 0 Å². The lowest BCUT2D eigenvalue weighted by atomic mass is 10.0. The van der Waals surface area contributed by atoms with Crippen molar-refractivity contribution in [2.75, 3.05) is 6.61 Å². The molecule has 0 saturated carbocycles. The van der Waals surface area contributed by atoms with Crippen molar-refractivity contribution < 1.29 is 41.0 Å². The first-order valence-corrected chi connectivity index (χ1v) is 14.2. The maximum atomic E-state index is 14.1. The third-order valence-corrected chi connectivity index (χ3v) is 6.78. The number of ether oxygens (including phenoxy) is 2. The molecule has 2 aromatic rings. The molecule has 1 unspecified atom stereocenters. The lowest BCUT2D eigenvalue weighted by molar-refractivity contribution is 0.0307. The quantitative estimate of drug-likeness (QED) is 0.0589. The van der Waals surface area contributed by atoms with Gasteiger partial charge in [0.15, 0.2) is 23.3 Å². The summed E-state index contributed by atoms with van der Waals surface area (Å²) in [5, 5.41) is 0. The molecule has 0 amide bonds. The summed E-state index contributed by atoms with van der Waals surface area (Å²) < 4.78 is 78.9. The molecule has 0 radical (unpaired) electrons. The Kier molecular flexibility index (Phi) is 14.7. The molecule has 1 atom stereocenters. The molecule has 0 aliphatic rings. The fourth-order valence-corrected chi connectivity index (χ4v) is 4.46. The fraction of sp³-hybridized carbons (Fsp3) is 0.548. The van der Waals surface area contributed by atoms with Gasteiger partial charge in [0.2, 0.25) is 5.82 Å². The molecule has 40 heavy (non-hydrogen) atoms. The van der Waals surface area contributed by atoms with E-state index in [2.05, 4.69) is 6.92 Å². The molecule has 0 saturated heterocycles. The van der Waals surface area contributed by atoms with E-state index < -0.39 is 52.7 Å². The van der Waals surface area contributed by atoms with Gasteiger partial charge in [-0.05, 0) is 25.5 Å². The second-order valence-corrected chi connectivity index (χ2v) is 9.96. The Morgan fingerprint density at radius 1 is 0.625 bits per heavy atom. The number of unbranched alkanes of at least 4 members (excludes halogenated alkanes) is 12. The Morgan fingerprint density at radius 3 is 1.50 bits per heavy atom. The molecule has 222 valence electrons. The molecule has 0 aliphatic heterocycles. The maximum absolute atomic E-state index is 14.1. The third kappa shape index (κ3) is 9.89. The van der Waals surface area contributed by atoms with Crippen molar-refractivity contribution in [3.8, 4) is 0 Å². The summed E-state index contributed by atoms with van der Waals surface area (Å²) in [4.78, 5) is 25.3. The van der Waals surface area contributed by atoms with Gasteiger partial charge in [-0.2, -0.15) is 0 Å². The van der Waals surface area contributed by atoms with Crippen molar-refractivity contribution in [1.29, 1.82) is 0 Å². The van der Waals surface area contributed by atoms with Gasteiger partial charge in [0.25, 0.3) is 0 Å². The van der Waals surface area contributed by atoms with Crippen LogP contribution in [0, 0.1) is 29.1 Å². The summed E-state index contributed by atoms with van der Waals surface area (Å²) in [6.45, 7) is 3.34. The van der Waals surface area contributed by atoms with Gasteiger partial charge in [-0.3, -0.25) is 0 Å². The molecule has 2 aromatic carbocycles. The SMILES string of the molecule is CCCCCCCCCCCCCCCOC(=O)c1ccccc1C(=O)OC(C)c1c(F)c(F)c(F)c(F)c1F. The molecule has 2 rings (SSSR count). The Labute approximate surface area is 233 Å². The van der Waals surface area contributed by atoms with E-state index in [0.29, 0.717) is 6.42 Å². The van der Waals surface area contributed by atoms with E-state index >= 15 is 0 Å². The van der Waals surface area contributed by atoms with Gasteiger partial charge >= 0.3 is 11.9 Å². The van der Waals surface area contributed by atoms with Crippen molar-refractivity contribution in [2.45, 2.75) is 103 Å². The number of carbonyl (C=O) groups excluding carboxylic acids is 2. The lowest BCUT2D eigenvalue weighted by Crippen LogP contribution is -2.18. The van der Waals surface area contributed by atoms with Gasteiger partial charge in [0.1, 0.15) is 6.10 Å². The molecule has 0 spiro atoms. The van der Waals surface area contributed by atoms with E-state index in [1.807, 2.05) is 0 Å². The summed E-state index contributed by atoms with van der Waals surface area (Å²) in [6, 6.07) is 5.50. The van der Waals surface area contributed by atoms with Crippen LogP contribution in [0.15, 0.2) is 24.3 Å². The third-order valence-electron chi connectivity index (χ3n) is 6.78. The number of hydrogen-bond acceptors (Lipinski definition) is 4. The minimum Gasteiger partial charge on any atom is -0.462 e. The molecule has 0 N–H and O–H groups in total. The van der Waals surface area contributed by atoms with Crippen LogP contribution >= 0.6 is 0 Å². The van der Waals surface area contributed by atoms with Crippen molar-refractivity contribution in [3.63, 3.8) is 0 Å². The van der Waals surface area contributed by atoms with Gasteiger partial charge < -0.3 is 9.47 Å². The van der Waals surface area contributed by atoms with E-state index in [9.17, 15) is 31.5 Å². The first kappa shape index (κ1) is 33.2. The summed E-state index contributed by atoms with van der Waals surface area (Å²) in [5.74, 6) is -12.7. The van der Waals surface area contributed by atoms with Gasteiger partial charge in [0.05, 0.1) is 23.3 Å². The molecule has 0 heterocycles. The molecule has 0 bridgehead atoms. The van der Waals surface area contributed by atoms with Gasteiger partial charge in [-0.1, -0.05) is 96.1 Å². The molecule has 4 nitrogen and oxygen atoms in total. The minimum atomic E-state index is -2.31. The van der Waals surface area contributed by atoms with Crippen LogP contribution in [0.3, 0.4) is 0 Å². The Morgan fingerprint density at radius 2 is 1.02 bits per heavy atom. The summed E-state index contributed by atoms with van der Waals surface area (Å²) in [5.41, 5.74) is -1.67. The molecule has 9 heteroatoms. The summed E-state index contributed by atoms with van der Waals surface area (Å²) in [6.07, 6.45) is 13.4. The second-order valence-electron chi connectivity index (χ2n) is 9.96. The van der Waals surface area contributed by atoms with Gasteiger partial charge in [-0.15, -0.1) is 0 Å². The average molecular weight is 571 g/mol. The summed E-state index contributed by atoms with van der Waals surface area (Å²) in [7, 11) is 0. The van der Waals surface area contributed by atoms with Crippen LogP contribution in [0.2, 0.25) is 0 Å². The standard InChI is InChI=1S/C31H39F5O4/c1-3-4-5-6-7-8-9-10-11-12-13-14-17-20-39-30(37)22-18-15-16-19-23(22)31(38)40-21(2)24-25(32)27(34)29(36)28(35)26(24)33/h15-16,18-19,21H,3-14,17,20H2,1-2H3. The van der Waals surface area contributed by atoms with Crippen LogP contribution in [0.25, 0.3) is 0 Å². The van der Waals surface area contributed by atoms with E-state index in [1.54, 1.807) is 0 Å². The number of esters is 2. The molecule has 0 fully saturated rings. The number of carbonyl (C=O) groups is 2. The fourth-order valence-electron chi connectivity index (χ4n) is 4.46. The largest absolute Gasteiger partial charge is 0.462 e. The minimum absolute atomic E-state index is 0.133. The van der Waals surface area contributed by atoms with E-state index in [1.165, 1.54) is 82.1 Å². The van der Waals surface area contributed by atoms with E-state index in [-0.39, 0.29) is 17.7 Å². The van der Waals surface area contributed by atoms with Crippen molar-refractivity contribution in [3.05, 3.63) is 70.0 Å². The number of hydrogen-bond donors (Lipinski definition) is 0. The highest BCUT2D eigenvalue weighted by molar-refractivity contribution is 6.03. The average Bonchev–Trinajstić information content (AvgIpc) is 2.95. The van der Waals surface area contributed by atoms with Crippen LogP contribution < -0.4 is 0 Å². The van der Waals surface area contributed by atoms with E-state index in [4.69, 9.17) is 9.47 Å². The van der Waals surface area contributed by atoms with Crippen LogP contribution in [0.4, 0.5) is 22.0 Å². The Hall–Kier alpha value is -2.97. The number of rotatable bonds is 18. The highest BCUT2D eigenvalue weighted by Crippen LogP contribution is 2.30. The highest BCUT2D eigenvalue weighted by atomic mass is 19.2. The lowest BCUT2D eigenvalue weighted by Gasteiger charge is -2.17. The second kappa shape index (κ2) is 17.7. The zero-order valence-electron chi connectivity index (χ0n) is 23.3. The first-order chi connectivity index (χ1) is 19.2. The zero-order valence-corrected chi connectivity index (χ0v) is 23.3. The van der Waals surface area contributed by atoms with Gasteiger partial charge in [-0.25, -0.2) is 31.5 Å².